The molecule has 2 aliphatic rings. The van der Waals surface area contributed by atoms with Gasteiger partial charge in [0.25, 0.3) is 0 Å². The van der Waals surface area contributed by atoms with Gasteiger partial charge in [0.05, 0.1) is 6.61 Å². The third-order valence-electron chi connectivity index (χ3n) is 5.08. The smallest absolute Gasteiger partial charge is 0.421 e. The zero-order valence-electron chi connectivity index (χ0n) is 14.4. The Labute approximate surface area is 146 Å². The van der Waals surface area contributed by atoms with Gasteiger partial charge in [-0.15, -0.1) is 0 Å². The van der Waals surface area contributed by atoms with Gasteiger partial charge < -0.3 is 15.0 Å². The van der Waals surface area contributed by atoms with E-state index in [-0.39, 0.29) is 5.88 Å². The molecule has 1 aliphatic heterocycles. The summed E-state index contributed by atoms with van der Waals surface area (Å²) >= 11 is 0. The summed E-state index contributed by atoms with van der Waals surface area (Å²) in [6.07, 6.45) is 2.37. The first-order valence-electron chi connectivity index (χ1n) is 9.21. The van der Waals surface area contributed by atoms with Crippen LogP contribution in [0, 0.1) is 5.92 Å². The number of ether oxygens (including phenoxy) is 1. The molecule has 3 rings (SSSR count). The lowest BCUT2D eigenvalue weighted by Crippen LogP contribution is -2.43. The zero-order chi connectivity index (χ0) is 17.7. The first-order chi connectivity index (χ1) is 12.0. The van der Waals surface area contributed by atoms with Crippen LogP contribution in [0.2, 0.25) is 0 Å². The monoisotopic (exact) mass is 357 g/mol. The van der Waals surface area contributed by atoms with E-state index in [1.165, 1.54) is 25.3 Å². The van der Waals surface area contributed by atoms with Crippen LogP contribution in [-0.4, -0.2) is 37.8 Å². The molecule has 0 spiro atoms. The van der Waals surface area contributed by atoms with Crippen LogP contribution < -0.4 is 15.0 Å². The molecule has 0 atom stereocenters. The Balaban J connectivity index is 1.69. The van der Waals surface area contributed by atoms with Crippen LogP contribution in [0.25, 0.3) is 0 Å². The number of hydrogen-bond acceptors (Lipinski definition) is 4. The molecule has 140 valence electrons. The summed E-state index contributed by atoms with van der Waals surface area (Å²) in [5, 5.41) is 3.22. The second-order valence-electron chi connectivity index (χ2n) is 6.90. The van der Waals surface area contributed by atoms with Crippen LogP contribution in [0.1, 0.15) is 44.1 Å². The Bertz CT molecular complexity index is 553. The number of nitrogens with one attached hydrogen (secondary N) is 1. The molecule has 1 aromatic heterocycles. The second-order valence-corrected chi connectivity index (χ2v) is 6.90. The molecule has 1 aliphatic carbocycles. The van der Waals surface area contributed by atoms with Crippen LogP contribution in [0.15, 0.2) is 12.1 Å². The van der Waals surface area contributed by atoms with E-state index >= 15 is 0 Å². The van der Waals surface area contributed by atoms with Gasteiger partial charge in [-0.3, -0.25) is 0 Å². The number of rotatable bonds is 5. The summed E-state index contributed by atoms with van der Waals surface area (Å²) in [5.41, 5.74) is -0.782. The Hall–Kier alpha value is -1.50. The number of hydrogen-bond donors (Lipinski definition) is 1. The van der Waals surface area contributed by atoms with Crippen molar-refractivity contribution in [1.82, 2.24) is 10.3 Å². The molecule has 1 saturated carbocycles. The number of anilines is 1. The summed E-state index contributed by atoms with van der Waals surface area (Å²) in [6, 6.07) is 2.54. The fraction of sp³-hybridized carbons (Fsp3) is 0.722. The third-order valence-corrected chi connectivity index (χ3v) is 5.08. The van der Waals surface area contributed by atoms with E-state index in [9.17, 15) is 13.2 Å². The van der Waals surface area contributed by atoms with E-state index < -0.39 is 11.7 Å². The Morgan fingerprint density at radius 3 is 2.52 bits per heavy atom. The van der Waals surface area contributed by atoms with Crippen molar-refractivity contribution < 1.29 is 17.9 Å². The maximum Gasteiger partial charge on any atom is 0.421 e. The molecule has 0 bridgehead atoms. The first kappa shape index (κ1) is 18.3. The molecular weight excluding hydrogens is 331 g/mol. The summed E-state index contributed by atoms with van der Waals surface area (Å²) < 4.78 is 45.3. The molecule has 25 heavy (non-hydrogen) atoms. The maximum absolute atomic E-state index is 13.3. The topological polar surface area (TPSA) is 37.4 Å². The lowest BCUT2D eigenvalue weighted by molar-refractivity contribution is -0.139. The number of pyridine rings is 1. The summed E-state index contributed by atoms with van der Waals surface area (Å²) in [4.78, 5) is 6.19. The van der Waals surface area contributed by atoms with Crippen molar-refractivity contribution in [3.8, 4) is 5.88 Å². The van der Waals surface area contributed by atoms with Gasteiger partial charge in [0.1, 0.15) is 11.4 Å². The first-order valence-corrected chi connectivity index (χ1v) is 9.21. The van der Waals surface area contributed by atoms with Crippen molar-refractivity contribution in [3.63, 3.8) is 0 Å². The molecule has 1 saturated heterocycles. The number of halogens is 3. The van der Waals surface area contributed by atoms with E-state index in [1.54, 1.807) is 0 Å². The van der Waals surface area contributed by atoms with Gasteiger partial charge in [0.2, 0.25) is 5.88 Å². The minimum Gasteiger partial charge on any atom is -0.477 e. The fourth-order valence-corrected chi connectivity index (χ4v) is 3.62. The van der Waals surface area contributed by atoms with Crippen molar-refractivity contribution in [2.45, 2.75) is 44.7 Å². The van der Waals surface area contributed by atoms with Gasteiger partial charge in [-0.1, -0.05) is 32.1 Å². The molecule has 0 amide bonds. The van der Waals surface area contributed by atoms with Crippen molar-refractivity contribution in [1.29, 1.82) is 0 Å². The van der Waals surface area contributed by atoms with Crippen molar-refractivity contribution >= 4 is 5.82 Å². The largest absolute Gasteiger partial charge is 0.477 e. The quantitative estimate of drug-likeness (QED) is 0.868. The van der Waals surface area contributed by atoms with Crippen LogP contribution in [0.3, 0.4) is 0 Å². The average molecular weight is 357 g/mol. The van der Waals surface area contributed by atoms with Crippen LogP contribution in [0.5, 0.6) is 5.88 Å². The predicted octanol–water partition coefficient (Wildman–Crippen LogP) is 3.86. The summed E-state index contributed by atoms with van der Waals surface area (Å²) in [5.74, 6) is 0.848. The predicted molar refractivity (Wildman–Crippen MR) is 91.0 cm³/mol. The Morgan fingerprint density at radius 2 is 1.84 bits per heavy atom. The summed E-state index contributed by atoms with van der Waals surface area (Å²) in [7, 11) is 0. The molecule has 0 radical (unpaired) electrons. The molecular formula is C18H26F3N3O. The van der Waals surface area contributed by atoms with Crippen molar-refractivity contribution in [2.75, 3.05) is 37.7 Å². The molecule has 7 heteroatoms. The maximum atomic E-state index is 13.3. The van der Waals surface area contributed by atoms with Gasteiger partial charge in [-0.2, -0.15) is 18.2 Å². The normalized spacial score (nSPS) is 19.9. The van der Waals surface area contributed by atoms with Gasteiger partial charge in [-0.05, 0) is 24.5 Å². The molecule has 1 N–H and O–H groups in total. The molecule has 0 unspecified atom stereocenters. The zero-order valence-corrected chi connectivity index (χ0v) is 14.4. The van der Waals surface area contributed by atoms with E-state index in [2.05, 4.69) is 10.3 Å². The standard InChI is InChI=1S/C18H26F3N3O/c19-18(20,21)15-6-7-16(24-11-9-22-10-12-24)23-17(15)25-13-8-14-4-2-1-3-5-14/h6-7,14,22H,1-5,8-13H2. The van der Waals surface area contributed by atoms with E-state index in [1.807, 2.05) is 4.90 Å². The molecule has 4 nitrogen and oxygen atoms in total. The van der Waals surface area contributed by atoms with Crippen LogP contribution >= 0.6 is 0 Å². The molecule has 2 heterocycles. The van der Waals surface area contributed by atoms with Gasteiger partial charge in [-0.25, -0.2) is 0 Å². The molecule has 0 aromatic carbocycles. The average Bonchev–Trinajstić information content (AvgIpc) is 2.62. The molecule has 1 aromatic rings. The highest BCUT2D eigenvalue weighted by molar-refractivity contribution is 5.45. The number of aromatic nitrogens is 1. The summed E-state index contributed by atoms with van der Waals surface area (Å²) in [6.45, 7) is 3.38. The van der Waals surface area contributed by atoms with E-state index in [0.29, 0.717) is 18.3 Å². The highest BCUT2D eigenvalue weighted by atomic mass is 19.4. The minimum absolute atomic E-state index is 0.278. The number of nitrogens with zero attached hydrogens (tertiary/aromatic N) is 2. The number of piperazine rings is 1. The van der Waals surface area contributed by atoms with Crippen LogP contribution in [-0.2, 0) is 6.18 Å². The van der Waals surface area contributed by atoms with Crippen LogP contribution in [0.4, 0.5) is 19.0 Å². The third kappa shape index (κ3) is 5.00. The van der Waals surface area contributed by atoms with Gasteiger partial charge in [0, 0.05) is 26.2 Å². The van der Waals surface area contributed by atoms with Crippen molar-refractivity contribution in [3.05, 3.63) is 17.7 Å². The van der Waals surface area contributed by atoms with Gasteiger partial charge >= 0.3 is 6.18 Å². The molecule has 2 fully saturated rings. The lowest BCUT2D eigenvalue weighted by Gasteiger charge is -2.29. The SMILES string of the molecule is FC(F)(F)c1ccc(N2CCNCC2)nc1OCCC1CCCCC1. The second kappa shape index (κ2) is 8.25. The Kier molecular flexibility index (Phi) is 6.04. The highest BCUT2D eigenvalue weighted by Crippen LogP contribution is 2.37. The van der Waals surface area contributed by atoms with E-state index in [4.69, 9.17) is 4.74 Å². The highest BCUT2D eigenvalue weighted by Gasteiger charge is 2.36. The van der Waals surface area contributed by atoms with E-state index in [0.717, 1.165) is 51.5 Å². The van der Waals surface area contributed by atoms with Gasteiger partial charge in [0.15, 0.2) is 0 Å². The lowest BCUT2D eigenvalue weighted by atomic mass is 9.87. The Morgan fingerprint density at radius 1 is 1.12 bits per heavy atom. The fourth-order valence-electron chi connectivity index (χ4n) is 3.62. The number of alkyl halides is 3. The minimum atomic E-state index is -4.45. The van der Waals surface area contributed by atoms with Crippen molar-refractivity contribution in [2.24, 2.45) is 5.92 Å².